The van der Waals surface area contributed by atoms with Crippen molar-refractivity contribution in [2.75, 3.05) is 0 Å². The summed E-state index contributed by atoms with van der Waals surface area (Å²) in [5.74, 6) is 1.37. The Bertz CT molecular complexity index is 838. The summed E-state index contributed by atoms with van der Waals surface area (Å²) in [4.78, 5) is 12.4. The standard InChI is InChI=1S/C18H17ClN2O4/c1-18(2,24-14-7-5-12(19)6-8-14)17(22)20-11-13-10-16(25-21-13)15-4-3-9-23-15/h3-10H,11H2,1-2H3,(H,20,22). The molecule has 2 aromatic heterocycles. The van der Waals surface area contributed by atoms with Crippen LogP contribution in [0.1, 0.15) is 19.5 Å². The summed E-state index contributed by atoms with van der Waals surface area (Å²) in [6.07, 6.45) is 1.55. The van der Waals surface area contributed by atoms with E-state index in [2.05, 4.69) is 10.5 Å². The number of rotatable bonds is 6. The number of nitrogens with one attached hydrogen (secondary N) is 1. The Morgan fingerprint density at radius 2 is 2.00 bits per heavy atom. The zero-order valence-electron chi connectivity index (χ0n) is 13.8. The van der Waals surface area contributed by atoms with Gasteiger partial charge in [0.05, 0.1) is 12.8 Å². The summed E-state index contributed by atoms with van der Waals surface area (Å²) < 4.78 is 16.2. The van der Waals surface area contributed by atoms with E-state index in [1.54, 1.807) is 62.6 Å². The number of nitrogens with zero attached hydrogens (tertiary/aromatic N) is 1. The van der Waals surface area contributed by atoms with Crippen LogP contribution in [0.5, 0.6) is 5.75 Å². The van der Waals surface area contributed by atoms with Crippen molar-refractivity contribution in [2.45, 2.75) is 26.0 Å². The number of furan rings is 1. The molecular formula is C18H17ClN2O4. The molecule has 0 saturated heterocycles. The maximum absolute atomic E-state index is 12.4. The van der Waals surface area contributed by atoms with Gasteiger partial charge >= 0.3 is 0 Å². The van der Waals surface area contributed by atoms with Crippen molar-refractivity contribution >= 4 is 17.5 Å². The average Bonchev–Trinajstić information content (AvgIpc) is 3.25. The van der Waals surface area contributed by atoms with Crippen LogP contribution in [0.15, 0.2) is 57.7 Å². The number of amides is 1. The molecule has 0 spiro atoms. The Kier molecular flexibility index (Phi) is 4.81. The molecule has 0 atom stereocenters. The lowest BCUT2D eigenvalue weighted by Gasteiger charge is -2.25. The lowest BCUT2D eigenvalue weighted by Crippen LogP contribution is -2.46. The summed E-state index contributed by atoms with van der Waals surface area (Å²) in [7, 11) is 0. The van der Waals surface area contributed by atoms with Gasteiger partial charge in [-0.15, -0.1) is 0 Å². The first-order valence-corrected chi connectivity index (χ1v) is 8.04. The van der Waals surface area contributed by atoms with Crippen molar-refractivity contribution in [3.05, 3.63) is 59.4 Å². The van der Waals surface area contributed by atoms with Gasteiger partial charge in [-0.05, 0) is 50.2 Å². The minimum Gasteiger partial charge on any atom is -0.478 e. The molecule has 0 bridgehead atoms. The lowest BCUT2D eigenvalue weighted by molar-refractivity contribution is -0.134. The molecule has 7 heteroatoms. The van der Waals surface area contributed by atoms with Crippen molar-refractivity contribution in [3.63, 3.8) is 0 Å². The number of hydrogen-bond acceptors (Lipinski definition) is 5. The Morgan fingerprint density at radius 1 is 1.24 bits per heavy atom. The first kappa shape index (κ1) is 17.1. The minimum absolute atomic E-state index is 0.219. The summed E-state index contributed by atoms with van der Waals surface area (Å²) in [5, 5.41) is 7.31. The third-order valence-electron chi connectivity index (χ3n) is 3.49. The number of hydrogen-bond donors (Lipinski definition) is 1. The van der Waals surface area contributed by atoms with Gasteiger partial charge in [0.15, 0.2) is 11.4 Å². The van der Waals surface area contributed by atoms with Crippen LogP contribution in [0.25, 0.3) is 11.5 Å². The van der Waals surface area contributed by atoms with E-state index >= 15 is 0 Å². The highest BCUT2D eigenvalue weighted by atomic mass is 35.5. The summed E-state index contributed by atoms with van der Waals surface area (Å²) in [5.41, 5.74) is -0.469. The molecule has 6 nitrogen and oxygen atoms in total. The smallest absolute Gasteiger partial charge is 0.263 e. The van der Waals surface area contributed by atoms with E-state index in [4.69, 9.17) is 25.3 Å². The first-order chi connectivity index (χ1) is 11.9. The van der Waals surface area contributed by atoms with Crippen molar-refractivity contribution < 1.29 is 18.5 Å². The molecule has 0 fully saturated rings. The number of carbonyl (C=O) groups is 1. The highest BCUT2D eigenvalue weighted by Gasteiger charge is 2.30. The van der Waals surface area contributed by atoms with Gasteiger partial charge in [-0.3, -0.25) is 4.79 Å². The van der Waals surface area contributed by atoms with Crippen LogP contribution in [-0.4, -0.2) is 16.7 Å². The average molecular weight is 361 g/mol. The van der Waals surface area contributed by atoms with Gasteiger partial charge in [0.25, 0.3) is 5.91 Å². The van der Waals surface area contributed by atoms with E-state index < -0.39 is 5.60 Å². The van der Waals surface area contributed by atoms with Gasteiger partial charge < -0.3 is 19.0 Å². The third kappa shape index (κ3) is 4.22. The van der Waals surface area contributed by atoms with E-state index in [0.717, 1.165) is 0 Å². The molecule has 0 saturated carbocycles. The van der Waals surface area contributed by atoms with Crippen LogP contribution in [0.2, 0.25) is 5.02 Å². The molecule has 0 unspecified atom stereocenters. The summed E-state index contributed by atoms with van der Waals surface area (Å²) in [6, 6.07) is 12.1. The zero-order chi connectivity index (χ0) is 17.9. The fraction of sp³-hybridized carbons (Fsp3) is 0.222. The third-order valence-corrected chi connectivity index (χ3v) is 3.74. The summed E-state index contributed by atoms with van der Waals surface area (Å²) in [6.45, 7) is 3.60. The van der Waals surface area contributed by atoms with Crippen LogP contribution in [-0.2, 0) is 11.3 Å². The van der Waals surface area contributed by atoms with Crippen LogP contribution in [0.3, 0.4) is 0 Å². The second kappa shape index (κ2) is 7.03. The molecular weight excluding hydrogens is 344 g/mol. The largest absolute Gasteiger partial charge is 0.478 e. The molecule has 0 aliphatic carbocycles. The number of aromatic nitrogens is 1. The van der Waals surface area contributed by atoms with E-state index in [0.29, 0.717) is 28.0 Å². The normalized spacial score (nSPS) is 11.3. The first-order valence-electron chi connectivity index (χ1n) is 7.66. The SMILES string of the molecule is CC(C)(Oc1ccc(Cl)cc1)C(=O)NCc1cc(-c2ccco2)on1. The fourth-order valence-electron chi connectivity index (χ4n) is 2.16. The monoisotopic (exact) mass is 360 g/mol. The molecule has 25 heavy (non-hydrogen) atoms. The molecule has 130 valence electrons. The van der Waals surface area contributed by atoms with Crippen molar-refractivity contribution in [2.24, 2.45) is 0 Å². The Labute approximate surface area is 149 Å². The molecule has 0 aliphatic rings. The van der Waals surface area contributed by atoms with Gasteiger partial charge in [0, 0.05) is 11.1 Å². The number of ether oxygens (including phenoxy) is 1. The maximum Gasteiger partial charge on any atom is 0.263 e. The Balaban J connectivity index is 1.58. The molecule has 3 aromatic rings. The number of carbonyl (C=O) groups excluding carboxylic acids is 1. The second-order valence-corrected chi connectivity index (χ2v) is 6.35. The maximum atomic E-state index is 12.4. The number of benzene rings is 1. The molecule has 3 rings (SSSR count). The number of halogens is 1. The minimum atomic E-state index is -1.05. The fourth-order valence-corrected chi connectivity index (χ4v) is 2.28. The zero-order valence-corrected chi connectivity index (χ0v) is 14.5. The molecule has 1 amide bonds. The summed E-state index contributed by atoms with van der Waals surface area (Å²) >= 11 is 5.84. The van der Waals surface area contributed by atoms with Crippen LogP contribution < -0.4 is 10.1 Å². The van der Waals surface area contributed by atoms with Gasteiger partial charge in [-0.2, -0.15) is 0 Å². The second-order valence-electron chi connectivity index (χ2n) is 5.91. The van der Waals surface area contributed by atoms with Crippen molar-refractivity contribution in [1.82, 2.24) is 10.5 Å². The lowest BCUT2D eigenvalue weighted by atomic mass is 10.1. The Morgan fingerprint density at radius 3 is 2.68 bits per heavy atom. The van der Waals surface area contributed by atoms with E-state index in [1.807, 2.05) is 0 Å². The van der Waals surface area contributed by atoms with E-state index in [1.165, 1.54) is 0 Å². The molecule has 2 heterocycles. The highest BCUT2D eigenvalue weighted by Crippen LogP contribution is 2.22. The van der Waals surface area contributed by atoms with E-state index in [9.17, 15) is 4.79 Å². The van der Waals surface area contributed by atoms with Crippen LogP contribution in [0.4, 0.5) is 0 Å². The van der Waals surface area contributed by atoms with Crippen LogP contribution in [0, 0.1) is 0 Å². The molecule has 0 aliphatic heterocycles. The predicted octanol–water partition coefficient (Wildman–Crippen LogP) is 4.06. The van der Waals surface area contributed by atoms with Gasteiger partial charge in [-0.1, -0.05) is 16.8 Å². The van der Waals surface area contributed by atoms with Gasteiger partial charge in [0.2, 0.25) is 5.76 Å². The predicted molar refractivity (Wildman–Crippen MR) is 92.2 cm³/mol. The molecule has 0 radical (unpaired) electrons. The molecule has 1 N–H and O–H groups in total. The van der Waals surface area contributed by atoms with Gasteiger partial charge in [-0.25, -0.2) is 0 Å². The quantitative estimate of drug-likeness (QED) is 0.717. The van der Waals surface area contributed by atoms with Crippen LogP contribution >= 0.6 is 11.6 Å². The van der Waals surface area contributed by atoms with E-state index in [-0.39, 0.29) is 12.5 Å². The van der Waals surface area contributed by atoms with Crippen molar-refractivity contribution in [3.8, 4) is 17.3 Å². The molecule has 1 aromatic carbocycles. The van der Waals surface area contributed by atoms with Gasteiger partial charge in [0.1, 0.15) is 11.4 Å². The van der Waals surface area contributed by atoms with Crippen molar-refractivity contribution in [1.29, 1.82) is 0 Å². The highest BCUT2D eigenvalue weighted by molar-refractivity contribution is 6.30. The topological polar surface area (TPSA) is 77.5 Å². The Hall–Kier alpha value is -2.73.